The number of nitrogens with one attached hydrogen (secondary N) is 2. The summed E-state index contributed by atoms with van der Waals surface area (Å²) in [6, 6.07) is 22.4. The summed E-state index contributed by atoms with van der Waals surface area (Å²) in [6.07, 6.45) is 5.65. The number of benzene rings is 3. The van der Waals surface area contributed by atoms with E-state index >= 15 is 0 Å². The number of halogens is 1. The number of anilines is 1. The molecular weight excluding hydrogens is 490 g/mol. The standard InChI is InChI=1S/C29H28ClN3O2S/c1-18(32-33-28(34)17-36-23-13-9-21(30)10-14-23)20-8-15-27-26(16-20)24-4-3-5-25(24)29(31-27)19-6-11-22(35-2)12-7-19/h3-4,6-16,24-25,29,31H,5,17H2,1-2H3,(H,33,34)/b32-18-/t24-,25+,29+/m1/s1. The van der Waals surface area contributed by atoms with Crippen molar-refractivity contribution < 1.29 is 9.53 Å². The molecule has 5 nitrogen and oxygen atoms in total. The van der Waals surface area contributed by atoms with Crippen LogP contribution in [0.25, 0.3) is 0 Å². The molecule has 2 N–H and O–H groups in total. The Hall–Kier alpha value is -3.22. The Bertz CT molecular complexity index is 1310. The predicted octanol–water partition coefficient (Wildman–Crippen LogP) is 6.81. The Balaban J connectivity index is 1.28. The van der Waals surface area contributed by atoms with E-state index in [1.165, 1.54) is 22.9 Å². The van der Waals surface area contributed by atoms with Crippen molar-refractivity contribution in [1.29, 1.82) is 0 Å². The van der Waals surface area contributed by atoms with Gasteiger partial charge in [-0.3, -0.25) is 4.79 Å². The minimum atomic E-state index is -0.143. The third-order valence-corrected chi connectivity index (χ3v) is 8.05. The molecule has 2 aliphatic rings. The van der Waals surface area contributed by atoms with Crippen molar-refractivity contribution >= 4 is 40.7 Å². The summed E-state index contributed by atoms with van der Waals surface area (Å²) in [6.45, 7) is 1.92. The second-order valence-electron chi connectivity index (χ2n) is 9.03. The first-order chi connectivity index (χ1) is 17.5. The summed E-state index contributed by atoms with van der Waals surface area (Å²) in [7, 11) is 1.69. The van der Waals surface area contributed by atoms with E-state index in [-0.39, 0.29) is 17.7 Å². The first-order valence-electron chi connectivity index (χ1n) is 11.9. The van der Waals surface area contributed by atoms with E-state index in [1.807, 2.05) is 43.3 Å². The largest absolute Gasteiger partial charge is 0.497 e. The number of nitrogens with zero attached hydrogens (tertiary/aromatic N) is 1. The van der Waals surface area contributed by atoms with Crippen LogP contribution in [0.4, 0.5) is 5.69 Å². The highest BCUT2D eigenvalue weighted by molar-refractivity contribution is 8.00. The molecule has 0 spiro atoms. The van der Waals surface area contributed by atoms with E-state index in [9.17, 15) is 4.79 Å². The van der Waals surface area contributed by atoms with Crippen LogP contribution < -0.4 is 15.5 Å². The van der Waals surface area contributed by atoms with E-state index in [0.29, 0.717) is 16.9 Å². The summed E-state index contributed by atoms with van der Waals surface area (Å²) in [5, 5.41) is 8.82. The fraction of sp³-hybridized carbons (Fsp3) is 0.241. The Morgan fingerprint density at radius 2 is 1.92 bits per heavy atom. The average Bonchev–Trinajstić information content (AvgIpc) is 3.41. The van der Waals surface area contributed by atoms with Gasteiger partial charge in [0.1, 0.15) is 5.75 Å². The van der Waals surface area contributed by atoms with Gasteiger partial charge in [-0.1, -0.05) is 42.0 Å². The highest BCUT2D eigenvalue weighted by Gasteiger charge is 2.38. The van der Waals surface area contributed by atoms with E-state index in [2.05, 4.69) is 58.3 Å². The molecule has 0 saturated carbocycles. The van der Waals surface area contributed by atoms with Crippen LogP contribution in [-0.2, 0) is 4.79 Å². The van der Waals surface area contributed by atoms with Crippen molar-refractivity contribution in [3.05, 3.63) is 101 Å². The first-order valence-corrected chi connectivity index (χ1v) is 13.3. The van der Waals surface area contributed by atoms with Crippen molar-refractivity contribution in [2.75, 3.05) is 18.2 Å². The minimum absolute atomic E-state index is 0.143. The molecule has 3 atom stereocenters. The second kappa shape index (κ2) is 10.8. The Morgan fingerprint density at radius 1 is 1.14 bits per heavy atom. The molecule has 0 bridgehead atoms. The molecule has 0 radical (unpaired) electrons. The minimum Gasteiger partial charge on any atom is -0.497 e. The monoisotopic (exact) mass is 517 g/mol. The smallest absolute Gasteiger partial charge is 0.250 e. The van der Waals surface area contributed by atoms with Gasteiger partial charge in [-0.15, -0.1) is 11.8 Å². The van der Waals surface area contributed by atoms with Crippen molar-refractivity contribution in [2.24, 2.45) is 11.0 Å². The van der Waals surface area contributed by atoms with E-state index in [0.717, 1.165) is 34.0 Å². The van der Waals surface area contributed by atoms with Crippen LogP contribution in [0.1, 0.15) is 42.0 Å². The average molecular weight is 518 g/mol. The van der Waals surface area contributed by atoms with Gasteiger partial charge >= 0.3 is 0 Å². The fourth-order valence-electron chi connectivity index (χ4n) is 4.88. The molecule has 1 amide bonds. The number of methoxy groups -OCH3 is 1. The molecule has 7 heteroatoms. The molecule has 5 rings (SSSR count). The van der Waals surface area contributed by atoms with Crippen LogP contribution in [0.15, 0.2) is 88.9 Å². The van der Waals surface area contributed by atoms with Crippen LogP contribution >= 0.6 is 23.4 Å². The number of rotatable bonds is 7. The summed E-state index contributed by atoms with van der Waals surface area (Å²) < 4.78 is 5.33. The normalized spacial score (nSPS) is 20.3. The van der Waals surface area contributed by atoms with Crippen molar-refractivity contribution in [1.82, 2.24) is 5.43 Å². The van der Waals surface area contributed by atoms with E-state index in [1.54, 1.807) is 7.11 Å². The number of allylic oxidation sites excluding steroid dienone is 2. The van der Waals surface area contributed by atoms with Gasteiger partial charge in [0.15, 0.2) is 0 Å². The first kappa shape index (κ1) is 24.5. The van der Waals surface area contributed by atoms with Gasteiger partial charge in [0.05, 0.1) is 24.6 Å². The molecule has 0 fully saturated rings. The lowest BCUT2D eigenvalue weighted by atomic mass is 9.76. The van der Waals surface area contributed by atoms with Crippen LogP contribution in [0.2, 0.25) is 5.02 Å². The second-order valence-corrected chi connectivity index (χ2v) is 10.5. The number of carbonyl (C=O) groups is 1. The number of fused-ring (bicyclic) bond motifs is 3. The van der Waals surface area contributed by atoms with Crippen LogP contribution in [0.3, 0.4) is 0 Å². The van der Waals surface area contributed by atoms with Gasteiger partial charge in [0, 0.05) is 21.5 Å². The Labute approximate surface area is 221 Å². The SMILES string of the molecule is COc1ccc([C@@H]2Nc3ccc(/C(C)=N\NC(=O)CSc4ccc(Cl)cc4)cc3[C@@H]3C=CC[C@@H]32)cc1. The third-order valence-electron chi connectivity index (χ3n) is 6.79. The maximum Gasteiger partial charge on any atom is 0.250 e. The molecule has 1 heterocycles. The van der Waals surface area contributed by atoms with Gasteiger partial charge < -0.3 is 10.1 Å². The molecule has 0 aromatic heterocycles. The lowest BCUT2D eigenvalue weighted by Crippen LogP contribution is -2.29. The van der Waals surface area contributed by atoms with Gasteiger partial charge in [0.2, 0.25) is 5.91 Å². The highest BCUT2D eigenvalue weighted by Crippen LogP contribution is 2.50. The van der Waals surface area contributed by atoms with Crippen molar-refractivity contribution in [2.45, 2.75) is 30.2 Å². The molecule has 0 unspecified atom stereocenters. The number of hydrogen-bond donors (Lipinski definition) is 2. The molecule has 36 heavy (non-hydrogen) atoms. The number of hydrogen-bond acceptors (Lipinski definition) is 5. The van der Waals surface area contributed by atoms with Crippen LogP contribution in [-0.4, -0.2) is 24.5 Å². The highest BCUT2D eigenvalue weighted by atomic mass is 35.5. The Morgan fingerprint density at radius 3 is 2.67 bits per heavy atom. The van der Waals surface area contributed by atoms with Gasteiger partial charge in [-0.25, -0.2) is 5.43 Å². The van der Waals surface area contributed by atoms with Gasteiger partial charge in [-0.05, 0) is 84.5 Å². The lowest BCUT2D eigenvalue weighted by molar-refractivity contribution is -0.118. The lowest BCUT2D eigenvalue weighted by Gasteiger charge is -2.37. The molecular formula is C29H28ClN3O2S. The molecule has 184 valence electrons. The predicted molar refractivity (Wildman–Crippen MR) is 148 cm³/mol. The molecule has 3 aromatic rings. The zero-order valence-electron chi connectivity index (χ0n) is 20.2. The topological polar surface area (TPSA) is 62.7 Å². The quantitative estimate of drug-likeness (QED) is 0.156. The summed E-state index contributed by atoms with van der Waals surface area (Å²) in [5.74, 6) is 1.80. The summed E-state index contributed by atoms with van der Waals surface area (Å²) in [5.41, 5.74) is 8.15. The van der Waals surface area contributed by atoms with Gasteiger partial charge in [0.25, 0.3) is 0 Å². The van der Waals surface area contributed by atoms with E-state index < -0.39 is 0 Å². The van der Waals surface area contributed by atoms with Crippen molar-refractivity contribution in [3.63, 3.8) is 0 Å². The number of amides is 1. The van der Waals surface area contributed by atoms with Crippen LogP contribution in [0.5, 0.6) is 5.75 Å². The third kappa shape index (κ3) is 5.30. The number of carbonyl (C=O) groups excluding carboxylic acids is 1. The molecule has 1 aliphatic heterocycles. The van der Waals surface area contributed by atoms with E-state index in [4.69, 9.17) is 16.3 Å². The number of ether oxygens (including phenoxy) is 1. The zero-order valence-corrected chi connectivity index (χ0v) is 21.8. The summed E-state index contributed by atoms with van der Waals surface area (Å²) in [4.78, 5) is 13.3. The maximum absolute atomic E-state index is 12.3. The molecule has 1 aliphatic carbocycles. The molecule has 0 saturated heterocycles. The maximum atomic E-state index is 12.3. The summed E-state index contributed by atoms with van der Waals surface area (Å²) >= 11 is 7.37. The Kier molecular flexibility index (Phi) is 7.35. The number of thioether (sulfide) groups is 1. The molecule has 3 aromatic carbocycles. The van der Waals surface area contributed by atoms with Crippen LogP contribution in [0, 0.1) is 5.92 Å². The van der Waals surface area contributed by atoms with Crippen molar-refractivity contribution in [3.8, 4) is 5.75 Å². The number of hydrazone groups is 1. The van der Waals surface area contributed by atoms with Gasteiger partial charge in [-0.2, -0.15) is 5.10 Å². The zero-order chi connectivity index (χ0) is 25.1. The fourth-order valence-corrected chi connectivity index (χ4v) is 5.70.